The van der Waals surface area contributed by atoms with Gasteiger partial charge in [0, 0.05) is 50.8 Å². The van der Waals surface area contributed by atoms with Gasteiger partial charge in [0.1, 0.15) is 6.04 Å². The molecule has 1 aromatic heterocycles. The first kappa shape index (κ1) is 19.6. The minimum absolute atomic E-state index is 0.00801. The highest BCUT2D eigenvalue weighted by atomic mass is 16.2. The summed E-state index contributed by atoms with van der Waals surface area (Å²) in [5, 5.41) is 6.63. The highest BCUT2D eigenvalue weighted by molar-refractivity contribution is 5.94. The maximum Gasteiger partial charge on any atom is 0.257 e. The lowest BCUT2D eigenvalue weighted by Crippen LogP contribution is -2.69. The molecule has 0 saturated carbocycles. The normalized spacial score (nSPS) is 31.9. The van der Waals surface area contributed by atoms with Crippen molar-refractivity contribution in [2.45, 2.75) is 63.5 Å². The average molecular weight is 414 g/mol. The van der Waals surface area contributed by atoms with Gasteiger partial charge in [0.05, 0.1) is 11.8 Å². The van der Waals surface area contributed by atoms with E-state index in [2.05, 4.69) is 10.2 Å². The number of nitrogens with zero attached hydrogens (tertiary/aromatic N) is 4. The fraction of sp³-hybridized carbons (Fsp3) is 0.727. The standard InChI is InChI=1S/C22H31N5O3/c28-19-7-5-6-18-15-10-16(14-26(13-15)21(29)17-11-23-24-12-17)20(27(18)19)22(30)25-8-3-1-2-4-9-25/h11-12,15-16,18,20H,1-10,13-14H2,(H,23,24)/t15-,16+,18-,20+/m0/s1. The van der Waals surface area contributed by atoms with Gasteiger partial charge in [0.25, 0.3) is 5.91 Å². The number of H-pyrrole nitrogens is 1. The maximum absolute atomic E-state index is 13.7. The first-order chi connectivity index (χ1) is 14.6. The molecule has 1 N–H and O–H groups in total. The number of carbonyl (C=O) groups is 3. The zero-order valence-corrected chi connectivity index (χ0v) is 17.5. The molecule has 8 heteroatoms. The molecule has 5 rings (SSSR count). The molecule has 0 radical (unpaired) electrons. The third-order valence-electron chi connectivity index (χ3n) is 7.54. The SMILES string of the molecule is O=C(c1cn[nH]c1)N1C[C@@H]2C[C@H](C1)[C@H](C(=O)N1CCCCCC1)N1C(=O)CCC[C@@H]21. The van der Waals surface area contributed by atoms with Gasteiger partial charge in [0.15, 0.2) is 0 Å². The number of hydrogen-bond donors (Lipinski definition) is 1. The first-order valence-corrected chi connectivity index (χ1v) is 11.5. The van der Waals surface area contributed by atoms with E-state index in [0.717, 1.165) is 58.0 Å². The molecule has 1 aromatic rings. The van der Waals surface area contributed by atoms with E-state index < -0.39 is 6.04 Å². The quantitative estimate of drug-likeness (QED) is 0.798. The fourth-order valence-corrected chi connectivity index (χ4v) is 6.17. The van der Waals surface area contributed by atoms with E-state index in [9.17, 15) is 14.4 Å². The van der Waals surface area contributed by atoms with Gasteiger partial charge in [-0.3, -0.25) is 19.5 Å². The summed E-state index contributed by atoms with van der Waals surface area (Å²) in [5.74, 6) is 0.461. The number of nitrogens with one attached hydrogen (secondary N) is 1. The van der Waals surface area contributed by atoms with Crippen molar-refractivity contribution in [1.82, 2.24) is 24.9 Å². The van der Waals surface area contributed by atoms with E-state index in [1.54, 1.807) is 12.4 Å². The van der Waals surface area contributed by atoms with Gasteiger partial charge in [-0.1, -0.05) is 12.8 Å². The molecule has 5 heterocycles. The van der Waals surface area contributed by atoms with E-state index in [1.165, 1.54) is 0 Å². The van der Waals surface area contributed by atoms with Gasteiger partial charge < -0.3 is 14.7 Å². The largest absolute Gasteiger partial charge is 0.341 e. The third-order valence-corrected chi connectivity index (χ3v) is 7.54. The van der Waals surface area contributed by atoms with Crippen LogP contribution in [0.25, 0.3) is 0 Å². The molecule has 3 amide bonds. The summed E-state index contributed by atoms with van der Waals surface area (Å²) in [6.07, 6.45) is 10.9. The van der Waals surface area contributed by atoms with Gasteiger partial charge in [-0.15, -0.1) is 0 Å². The van der Waals surface area contributed by atoms with Crippen LogP contribution in [0.1, 0.15) is 61.7 Å². The van der Waals surface area contributed by atoms with Gasteiger partial charge in [-0.2, -0.15) is 5.10 Å². The number of amides is 3. The Morgan fingerprint density at radius 2 is 1.77 bits per heavy atom. The predicted octanol–water partition coefficient (Wildman–Crippen LogP) is 1.65. The number of carbonyl (C=O) groups excluding carboxylic acids is 3. The van der Waals surface area contributed by atoms with Crippen molar-refractivity contribution in [1.29, 1.82) is 0 Å². The minimum atomic E-state index is -0.419. The van der Waals surface area contributed by atoms with Crippen molar-refractivity contribution in [2.75, 3.05) is 26.2 Å². The first-order valence-electron chi connectivity index (χ1n) is 11.5. The molecule has 30 heavy (non-hydrogen) atoms. The molecule has 0 unspecified atom stereocenters. The Labute approximate surface area is 177 Å². The molecule has 4 aliphatic heterocycles. The van der Waals surface area contributed by atoms with Crippen LogP contribution in [0.2, 0.25) is 0 Å². The number of rotatable bonds is 2. The Balaban J connectivity index is 1.44. The lowest BCUT2D eigenvalue weighted by atomic mass is 9.71. The minimum Gasteiger partial charge on any atom is -0.341 e. The highest BCUT2D eigenvalue weighted by Crippen LogP contribution is 2.42. The summed E-state index contributed by atoms with van der Waals surface area (Å²) in [6.45, 7) is 2.76. The number of fused-ring (bicyclic) bond motifs is 4. The molecule has 0 aromatic carbocycles. The van der Waals surface area contributed by atoms with Gasteiger partial charge >= 0.3 is 0 Å². The molecule has 4 aliphatic rings. The molecular weight excluding hydrogens is 382 g/mol. The average Bonchev–Trinajstić information content (AvgIpc) is 3.16. The second-order valence-corrected chi connectivity index (χ2v) is 9.40. The Kier molecular flexibility index (Phi) is 5.25. The molecule has 8 nitrogen and oxygen atoms in total. The topological polar surface area (TPSA) is 89.6 Å². The summed E-state index contributed by atoms with van der Waals surface area (Å²) in [6, 6.07) is -0.347. The van der Waals surface area contributed by atoms with E-state index in [4.69, 9.17) is 0 Å². The van der Waals surface area contributed by atoms with E-state index in [-0.39, 0.29) is 35.6 Å². The van der Waals surface area contributed by atoms with E-state index in [0.29, 0.717) is 25.1 Å². The Morgan fingerprint density at radius 3 is 2.50 bits per heavy atom. The van der Waals surface area contributed by atoms with E-state index >= 15 is 0 Å². The van der Waals surface area contributed by atoms with Crippen LogP contribution < -0.4 is 0 Å². The molecule has 0 spiro atoms. The van der Waals surface area contributed by atoms with Crippen LogP contribution in [0, 0.1) is 11.8 Å². The lowest BCUT2D eigenvalue weighted by molar-refractivity contribution is -0.164. The Morgan fingerprint density at radius 1 is 1.00 bits per heavy atom. The second kappa shape index (κ2) is 8.04. The van der Waals surface area contributed by atoms with Gasteiger partial charge in [-0.05, 0) is 38.0 Å². The van der Waals surface area contributed by atoms with E-state index in [1.807, 2.05) is 14.7 Å². The van der Waals surface area contributed by atoms with Crippen LogP contribution in [0.4, 0.5) is 0 Å². The number of hydrogen-bond acceptors (Lipinski definition) is 4. The number of aromatic amines is 1. The summed E-state index contributed by atoms with van der Waals surface area (Å²) in [5.41, 5.74) is 0.557. The van der Waals surface area contributed by atoms with Crippen molar-refractivity contribution in [3.05, 3.63) is 18.0 Å². The second-order valence-electron chi connectivity index (χ2n) is 9.40. The van der Waals surface area contributed by atoms with Crippen molar-refractivity contribution in [3.8, 4) is 0 Å². The third kappa shape index (κ3) is 3.40. The zero-order valence-electron chi connectivity index (χ0n) is 17.5. The highest BCUT2D eigenvalue weighted by Gasteiger charge is 2.53. The predicted molar refractivity (Wildman–Crippen MR) is 109 cm³/mol. The number of likely N-dealkylation sites (tertiary alicyclic amines) is 2. The van der Waals surface area contributed by atoms with Crippen molar-refractivity contribution in [2.24, 2.45) is 11.8 Å². The van der Waals surface area contributed by atoms with Crippen LogP contribution in [-0.2, 0) is 9.59 Å². The van der Waals surface area contributed by atoms with Gasteiger partial charge in [-0.25, -0.2) is 0 Å². The van der Waals surface area contributed by atoms with Crippen molar-refractivity contribution < 1.29 is 14.4 Å². The summed E-state index contributed by atoms with van der Waals surface area (Å²) in [4.78, 5) is 45.6. The Hall–Kier alpha value is -2.38. The number of piperidine rings is 3. The summed E-state index contributed by atoms with van der Waals surface area (Å²) >= 11 is 0. The molecule has 4 saturated heterocycles. The van der Waals surface area contributed by atoms with Crippen LogP contribution in [0.3, 0.4) is 0 Å². The van der Waals surface area contributed by atoms with Crippen LogP contribution in [0.15, 0.2) is 12.4 Å². The van der Waals surface area contributed by atoms with Gasteiger partial charge in [0.2, 0.25) is 11.8 Å². The van der Waals surface area contributed by atoms with Crippen LogP contribution >= 0.6 is 0 Å². The summed E-state index contributed by atoms with van der Waals surface area (Å²) in [7, 11) is 0. The molecule has 4 atom stereocenters. The summed E-state index contributed by atoms with van der Waals surface area (Å²) < 4.78 is 0. The number of aromatic nitrogens is 2. The molecule has 0 aliphatic carbocycles. The molecular formula is C22H31N5O3. The van der Waals surface area contributed by atoms with Crippen molar-refractivity contribution >= 4 is 17.7 Å². The lowest BCUT2D eigenvalue weighted by Gasteiger charge is -2.56. The maximum atomic E-state index is 13.7. The molecule has 4 fully saturated rings. The zero-order chi connectivity index (χ0) is 20.7. The Bertz CT molecular complexity index is 802. The van der Waals surface area contributed by atoms with Crippen LogP contribution in [0.5, 0.6) is 0 Å². The molecule has 162 valence electrons. The fourth-order valence-electron chi connectivity index (χ4n) is 6.17. The van der Waals surface area contributed by atoms with Crippen LogP contribution in [-0.4, -0.2) is 80.9 Å². The smallest absolute Gasteiger partial charge is 0.257 e. The molecule has 2 bridgehead atoms. The van der Waals surface area contributed by atoms with Crippen molar-refractivity contribution in [3.63, 3.8) is 0 Å². The monoisotopic (exact) mass is 413 g/mol.